The maximum Gasteiger partial charge on any atom is 0.240 e. The molecule has 0 radical (unpaired) electrons. The van der Waals surface area contributed by atoms with Crippen LogP contribution in [0.5, 0.6) is 0 Å². The summed E-state index contributed by atoms with van der Waals surface area (Å²) in [5, 5.41) is 5.95. The summed E-state index contributed by atoms with van der Waals surface area (Å²) in [6.07, 6.45) is 3.43. The minimum atomic E-state index is -3.74. The number of fused-ring (bicyclic) bond motifs is 1. The van der Waals surface area contributed by atoms with E-state index in [-0.39, 0.29) is 4.90 Å². The number of primary sulfonamides is 1. The van der Waals surface area contributed by atoms with E-state index in [1.807, 2.05) is 18.4 Å². The summed E-state index contributed by atoms with van der Waals surface area (Å²) >= 11 is 1.47. The second kappa shape index (κ2) is 4.04. The quantitative estimate of drug-likeness (QED) is 0.826. The van der Waals surface area contributed by atoms with E-state index in [9.17, 15) is 8.42 Å². The molecule has 0 amide bonds. The number of thioether (sulfide) groups is 1. The van der Waals surface area contributed by atoms with Gasteiger partial charge in [0, 0.05) is 16.5 Å². The molecule has 0 saturated heterocycles. The third-order valence-electron chi connectivity index (χ3n) is 2.19. The van der Waals surface area contributed by atoms with Crippen LogP contribution in [0.25, 0.3) is 10.9 Å². The van der Waals surface area contributed by atoms with Crippen LogP contribution >= 0.6 is 11.8 Å². The van der Waals surface area contributed by atoms with E-state index in [1.165, 1.54) is 11.8 Å². The monoisotopic (exact) mass is 254 g/mol. The number of hydrogen-bond donors (Lipinski definition) is 1. The molecule has 6 heteroatoms. The van der Waals surface area contributed by atoms with Gasteiger partial charge in [-0.3, -0.25) is 4.98 Å². The van der Waals surface area contributed by atoms with Crippen molar-refractivity contribution in [2.45, 2.75) is 9.79 Å². The Morgan fingerprint density at radius 2 is 2.12 bits per heavy atom. The average Bonchev–Trinajstić information content (AvgIpc) is 2.26. The Morgan fingerprint density at radius 1 is 1.38 bits per heavy atom. The van der Waals surface area contributed by atoms with Crippen molar-refractivity contribution in [3.8, 4) is 0 Å². The molecule has 0 bridgehead atoms. The van der Waals surface area contributed by atoms with Crippen LogP contribution in [0.3, 0.4) is 0 Å². The first-order valence-electron chi connectivity index (χ1n) is 4.48. The number of nitrogens with zero attached hydrogens (tertiary/aromatic N) is 1. The van der Waals surface area contributed by atoms with Crippen molar-refractivity contribution in [2.75, 3.05) is 6.26 Å². The maximum atomic E-state index is 11.4. The lowest BCUT2D eigenvalue weighted by atomic mass is 10.2. The molecule has 0 atom stereocenters. The Balaban J connectivity index is 2.90. The number of hydrogen-bond acceptors (Lipinski definition) is 4. The molecule has 0 aliphatic rings. The first kappa shape index (κ1) is 11.4. The second-order valence-electron chi connectivity index (χ2n) is 3.25. The van der Waals surface area contributed by atoms with Crippen molar-refractivity contribution < 1.29 is 8.42 Å². The first-order valence-corrected chi connectivity index (χ1v) is 7.25. The molecule has 0 aliphatic carbocycles. The molecule has 16 heavy (non-hydrogen) atoms. The van der Waals surface area contributed by atoms with Crippen molar-refractivity contribution in [2.24, 2.45) is 5.14 Å². The smallest absolute Gasteiger partial charge is 0.240 e. The highest BCUT2D eigenvalue weighted by molar-refractivity contribution is 7.98. The van der Waals surface area contributed by atoms with Gasteiger partial charge in [-0.2, -0.15) is 0 Å². The van der Waals surface area contributed by atoms with Gasteiger partial charge in [0.25, 0.3) is 0 Å². The fourth-order valence-electron chi connectivity index (χ4n) is 1.47. The van der Waals surface area contributed by atoms with Crippen LogP contribution in [0.15, 0.2) is 40.3 Å². The molecule has 0 saturated carbocycles. The molecule has 1 aromatic carbocycles. The van der Waals surface area contributed by atoms with Gasteiger partial charge in [0.2, 0.25) is 10.0 Å². The highest BCUT2D eigenvalue weighted by Crippen LogP contribution is 2.26. The van der Waals surface area contributed by atoms with E-state index in [0.29, 0.717) is 5.52 Å². The SMILES string of the molecule is CSc1cc(S(N)(=O)=O)c2ncccc2c1. The molecule has 0 unspecified atom stereocenters. The molecule has 2 N–H and O–H groups in total. The van der Waals surface area contributed by atoms with Crippen LogP contribution in [0.2, 0.25) is 0 Å². The summed E-state index contributed by atoms with van der Waals surface area (Å²) in [6, 6.07) is 7.02. The Bertz CT molecular complexity index is 638. The van der Waals surface area contributed by atoms with Crippen molar-refractivity contribution in [1.29, 1.82) is 0 Å². The standard InChI is InChI=1S/C10H10N2O2S2/c1-15-8-5-7-3-2-4-12-10(7)9(6-8)16(11,13)14/h2-6H,1H3,(H2,11,13,14). The van der Waals surface area contributed by atoms with Gasteiger partial charge in [-0.15, -0.1) is 11.8 Å². The highest BCUT2D eigenvalue weighted by Gasteiger charge is 2.14. The Morgan fingerprint density at radius 3 is 2.75 bits per heavy atom. The third-order valence-corrected chi connectivity index (χ3v) is 3.82. The van der Waals surface area contributed by atoms with Crippen molar-refractivity contribution in [3.63, 3.8) is 0 Å². The number of rotatable bonds is 2. The van der Waals surface area contributed by atoms with E-state index in [2.05, 4.69) is 4.98 Å². The van der Waals surface area contributed by atoms with Gasteiger partial charge in [-0.25, -0.2) is 13.6 Å². The number of benzene rings is 1. The van der Waals surface area contributed by atoms with Crippen LogP contribution in [0, 0.1) is 0 Å². The molecule has 0 aliphatic heterocycles. The van der Waals surface area contributed by atoms with Gasteiger partial charge in [-0.1, -0.05) is 6.07 Å². The molecule has 2 aromatic rings. The summed E-state index contributed by atoms with van der Waals surface area (Å²) in [4.78, 5) is 4.98. The van der Waals surface area contributed by atoms with Crippen molar-refractivity contribution in [1.82, 2.24) is 4.98 Å². The van der Waals surface area contributed by atoms with Gasteiger partial charge in [0.05, 0.1) is 5.52 Å². The van der Waals surface area contributed by atoms with Gasteiger partial charge >= 0.3 is 0 Å². The minimum absolute atomic E-state index is 0.0787. The summed E-state index contributed by atoms with van der Waals surface area (Å²) in [5.74, 6) is 0. The van der Waals surface area contributed by atoms with E-state index >= 15 is 0 Å². The van der Waals surface area contributed by atoms with Crippen LogP contribution in [0.1, 0.15) is 0 Å². The topological polar surface area (TPSA) is 73.1 Å². The zero-order valence-electron chi connectivity index (χ0n) is 8.54. The van der Waals surface area contributed by atoms with Gasteiger partial charge < -0.3 is 0 Å². The van der Waals surface area contributed by atoms with Gasteiger partial charge in [0.15, 0.2) is 0 Å². The highest BCUT2D eigenvalue weighted by atomic mass is 32.2. The first-order chi connectivity index (χ1) is 7.52. The van der Waals surface area contributed by atoms with Gasteiger partial charge in [0.1, 0.15) is 4.90 Å². The lowest BCUT2D eigenvalue weighted by Crippen LogP contribution is -2.13. The van der Waals surface area contributed by atoms with E-state index in [0.717, 1.165) is 10.3 Å². The van der Waals surface area contributed by atoms with Crippen LogP contribution in [0.4, 0.5) is 0 Å². The fourth-order valence-corrected chi connectivity index (χ4v) is 2.75. The molecule has 1 heterocycles. The summed E-state index contributed by atoms with van der Waals surface area (Å²) < 4.78 is 22.9. The number of nitrogens with two attached hydrogens (primary N) is 1. The molecule has 2 rings (SSSR count). The number of sulfonamides is 1. The molecular weight excluding hydrogens is 244 g/mol. The molecule has 0 spiro atoms. The average molecular weight is 254 g/mol. The largest absolute Gasteiger partial charge is 0.255 e. The predicted octanol–water partition coefficient (Wildman–Crippen LogP) is 1.60. The Kier molecular flexibility index (Phi) is 2.88. The molecule has 1 aromatic heterocycles. The zero-order chi connectivity index (χ0) is 11.8. The summed E-state index contributed by atoms with van der Waals surface area (Å²) in [7, 11) is -3.74. The lowest BCUT2D eigenvalue weighted by molar-refractivity contribution is 0.598. The molecule has 4 nitrogen and oxygen atoms in total. The second-order valence-corrected chi connectivity index (χ2v) is 5.66. The molecule has 84 valence electrons. The molecule has 0 fully saturated rings. The Hall–Kier alpha value is -1.11. The maximum absolute atomic E-state index is 11.4. The predicted molar refractivity (Wildman–Crippen MR) is 64.9 cm³/mol. The number of aromatic nitrogens is 1. The van der Waals surface area contributed by atoms with Crippen molar-refractivity contribution in [3.05, 3.63) is 30.5 Å². The van der Waals surface area contributed by atoms with E-state index in [4.69, 9.17) is 5.14 Å². The normalized spacial score (nSPS) is 11.9. The van der Waals surface area contributed by atoms with Crippen LogP contribution in [-0.2, 0) is 10.0 Å². The van der Waals surface area contributed by atoms with Crippen LogP contribution in [-0.4, -0.2) is 19.7 Å². The molecular formula is C10H10N2O2S2. The Labute approximate surface area is 97.9 Å². The zero-order valence-corrected chi connectivity index (χ0v) is 10.2. The van der Waals surface area contributed by atoms with Crippen molar-refractivity contribution >= 4 is 32.7 Å². The fraction of sp³-hybridized carbons (Fsp3) is 0.100. The summed E-state index contributed by atoms with van der Waals surface area (Å²) in [6.45, 7) is 0. The van der Waals surface area contributed by atoms with E-state index < -0.39 is 10.0 Å². The van der Waals surface area contributed by atoms with Gasteiger partial charge in [-0.05, 0) is 24.5 Å². The van der Waals surface area contributed by atoms with Crippen LogP contribution < -0.4 is 5.14 Å². The minimum Gasteiger partial charge on any atom is -0.255 e. The summed E-state index contributed by atoms with van der Waals surface area (Å²) in [5.41, 5.74) is 0.419. The number of pyridine rings is 1. The van der Waals surface area contributed by atoms with E-state index in [1.54, 1.807) is 18.3 Å². The third kappa shape index (κ3) is 2.04. The lowest BCUT2D eigenvalue weighted by Gasteiger charge is -2.06.